The number of hydrogen-bond acceptors (Lipinski definition) is 4. The molecule has 0 spiro atoms. The summed E-state index contributed by atoms with van der Waals surface area (Å²) < 4.78 is 4.92. The molecule has 19 heavy (non-hydrogen) atoms. The maximum absolute atomic E-state index is 11.7. The second-order valence-electron chi connectivity index (χ2n) is 4.57. The summed E-state index contributed by atoms with van der Waals surface area (Å²) in [4.78, 5) is 13.6. The van der Waals surface area contributed by atoms with Gasteiger partial charge in [-0.05, 0) is 25.1 Å². The fraction of sp³-hybridized carbons (Fsp3) is 0.500. The summed E-state index contributed by atoms with van der Waals surface area (Å²) in [6.45, 7) is 2.34. The van der Waals surface area contributed by atoms with E-state index in [2.05, 4.69) is 5.32 Å². The number of benzene rings is 1. The van der Waals surface area contributed by atoms with Crippen molar-refractivity contribution >= 4 is 11.6 Å². The quantitative estimate of drug-likeness (QED) is 0.540. The molecule has 0 radical (unpaired) electrons. The van der Waals surface area contributed by atoms with Crippen molar-refractivity contribution in [3.63, 3.8) is 0 Å². The average Bonchev–Trinajstić information content (AvgIpc) is 2.37. The lowest BCUT2D eigenvalue weighted by molar-refractivity contribution is -0.122. The molecule has 0 aliphatic heterocycles. The van der Waals surface area contributed by atoms with Gasteiger partial charge in [0.25, 0.3) is 0 Å². The molecule has 5 nitrogen and oxygen atoms in total. The van der Waals surface area contributed by atoms with E-state index in [9.17, 15) is 4.79 Å². The molecule has 0 saturated heterocycles. The first-order valence-electron chi connectivity index (χ1n) is 6.41. The van der Waals surface area contributed by atoms with Gasteiger partial charge in [-0.1, -0.05) is 18.2 Å². The minimum Gasteiger partial charge on any atom is -0.398 e. The van der Waals surface area contributed by atoms with Crippen molar-refractivity contribution in [2.24, 2.45) is 0 Å². The van der Waals surface area contributed by atoms with Gasteiger partial charge in [0, 0.05) is 32.5 Å². The number of carbonyl (C=O) groups excluding carboxylic acids is 1. The number of likely N-dealkylation sites (N-methyl/N-ethyl adjacent to an activating group) is 1. The Morgan fingerprint density at radius 1 is 1.42 bits per heavy atom. The Kier molecular flexibility index (Phi) is 6.92. The van der Waals surface area contributed by atoms with E-state index in [-0.39, 0.29) is 5.91 Å². The summed E-state index contributed by atoms with van der Waals surface area (Å²) in [6.07, 6.45) is 0.831. The first kappa shape index (κ1) is 15.5. The number of rotatable bonds is 8. The van der Waals surface area contributed by atoms with E-state index in [0.29, 0.717) is 26.2 Å². The van der Waals surface area contributed by atoms with Gasteiger partial charge < -0.3 is 15.8 Å². The van der Waals surface area contributed by atoms with Crippen LogP contribution in [0.25, 0.3) is 0 Å². The summed E-state index contributed by atoms with van der Waals surface area (Å²) in [5.74, 6) is 0.0214. The molecule has 0 heterocycles. The Balaban J connectivity index is 2.29. The zero-order valence-electron chi connectivity index (χ0n) is 11.7. The Bertz CT molecular complexity index is 396. The number of hydrogen-bond donors (Lipinski definition) is 2. The minimum absolute atomic E-state index is 0.0214. The average molecular weight is 265 g/mol. The minimum atomic E-state index is 0.0214. The molecule has 0 aliphatic rings. The standard InChI is InChI=1S/C14H23N3O2/c1-17(10-12-6-3-4-7-13(12)15)11-14(18)16-8-5-9-19-2/h3-4,6-7H,5,8-11,15H2,1-2H3,(H,16,18). The van der Waals surface area contributed by atoms with Gasteiger partial charge in [0.2, 0.25) is 5.91 Å². The number of anilines is 1. The molecule has 1 rings (SSSR count). The maximum Gasteiger partial charge on any atom is 0.234 e. The number of nitrogen functional groups attached to an aromatic ring is 1. The van der Waals surface area contributed by atoms with E-state index in [4.69, 9.17) is 10.5 Å². The molecule has 0 aliphatic carbocycles. The Labute approximate surface area is 114 Å². The zero-order chi connectivity index (χ0) is 14.1. The largest absolute Gasteiger partial charge is 0.398 e. The molecule has 106 valence electrons. The normalized spacial score (nSPS) is 10.7. The van der Waals surface area contributed by atoms with Crippen molar-refractivity contribution in [1.82, 2.24) is 10.2 Å². The number of methoxy groups -OCH3 is 1. The first-order valence-corrected chi connectivity index (χ1v) is 6.41. The molecule has 1 amide bonds. The van der Waals surface area contributed by atoms with E-state index in [0.717, 1.165) is 17.7 Å². The molecule has 0 saturated carbocycles. The van der Waals surface area contributed by atoms with Crippen LogP contribution in [0.3, 0.4) is 0 Å². The van der Waals surface area contributed by atoms with E-state index in [1.807, 2.05) is 36.2 Å². The van der Waals surface area contributed by atoms with Gasteiger partial charge >= 0.3 is 0 Å². The van der Waals surface area contributed by atoms with Gasteiger partial charge in [-0.15, -0.1) is 0 Å². The number of para-hydroxylation sites is 1. The topological polar surface area (TPSA) is 67.6 Å². The van der Waals surface area contributed by atoms with Crippen molar-refractivity contribution < 1.29 is 9.53 Å². The zero-order valence-corrected chi connectivity index (χ0v) is 11.7. The molecule has 0 unspecified atom stereocenters. The Hall–Kier alpha value is -1.59. The molecule has 3 N–H and O–H groups in total. The second-order valence-corrected chi connectivity index (χ2v) is 4.57. The fourth-order valence-electron chi connectivity index (χ4n) is 1.77. The summed E-state index contributed by atoms with van der Waals surface area (Å²) in [7, 11) is 3.56. The lowest BCUT2D eigenvalue weighted by Crippen LogP contribution is -2.35. The van der Waals surface area contributed by atoms with Gasteiger partial charge in [-0.25, -0.2) is 0 Å². The number of nitrogens with zero attached hydrogens (tertiary/aromatic N) is 1. The van der Waals surface area contributed by atoms with Crippen molar-refractivity contribution in [3.05, 3.63) is 29.8 Å². The van der Waals surface area contributed by atoms with E-state index in [1.165, 1.54) is 0 Å². The van der Waals surface area contributed by atoms with Crippen LogP contribution in [0.2, 0.25) is 0 Å². The van der Waals surface area contributed by atoms with Gasteiger partial charge in [-0.3, -0.25) is 9.69 Å². The molecule has 0 aromatic heterocycles. The van der Waals surface area contributed by atoms with Crippen molar-refractivity contribution in [2.75, 3.05) is 39.6 Å². The van der Waals surface area contributed by atoms with Crippen molar-refractivity contribution in [1.29, 1.82) is 0 Å². The number of amides is 1. The van der Waals surface area contributed by atoms with Crippen LogP contribution in [0.15, 0.2) is 24.3 Å². The molecule has 0 bridgehead atoms. The van der Waals surface area contributed by atoms with Crippen LogP contribution in [-0.4, -0.2) is 44.7 Å². The van der Waals surface area contributed by atoms with Crippen LogP contribution >= 0.6 is 0 Å². The van der Waals surface area contributed by atoms with Gasteiger partial charge in [0.1, 0.15) is 0 Å². The summed E-state index contributed by atoms with van der Waals surface area (Å²) in [6, 6.07) is 7.70. The third kappa shape index (κ3) is 6.22. The van der Waals surface area contributed by atoms with Crippen molar-refractivity contribution in [3.8, 4) is 0 Å². The highest BCUT2D eigenvalue weighted by atomic mass is 16.5. The molecule has 0 atom stereocenters. The second kappa shape index (κ2) is 8.50. The van der Waals surface area contributed by atoms with Crippen LogP contribution in [-0.2, 0) is 16.1 Å². The lowest BCUT2D eigenvalue weighted by Gasteiger charge is -2.17. The van der Waals surface area contributed by atoms with Crippen LogP contribution in [0.4, 0.5) is 5.69 Å². The highest BCUT2D eigenvalue weighted by molar-refractivity contribution is 5.77. The smallest absolute Gasteiger partial charge is 0.234 e. The van der Waals surface area contributed by atoms with Gasteiger partial charge in [0.15, 0.2) is 0 Å². The van der Waals surface area contributed by atoms with Crippen LogP contribution in [0.1, 0.15) is 12.0 Å². The summed E-state index contributed by atoms with van der Waals surface area (Å²) >= 11 is 0. The van der Waals surface area contributed by atoms with Crippen LogP contribution in [0, 0.1) is 0 Å². The van der Waals surface area contributed by atoms with E-state index < -0.39 is 0 Å². The molecule has 0 fully saturated rings. The molecule has 1 aromatic rings. The Morgan fingerprint density at radius 2 is 2.16 bits per heavy atom. The van der Waals surface area contributed by atoms with Gasteiger partial charge in [0.05, 0.1) is 6.54 Å². The highest BCUT2D eigenvalue weighted by Crippen LogP contribution is 2.12. The van der Waals surface area contributed by atoms with E-state index >= 15 is 0 Å². The maximum atomic E-state index is 11.7. The summed E-state index contributed by atoms with van der Waals surface area (Å²) in [5.41, 5.74) is 7.67. The number of nitrogens with two attached hydrogens (primary N) is 1. The predicted molar refractivity (Wildman–Crippen MR) is 76.7 cm³/mol. The lowest BCUT2D eigenvalue weighted by atomic mass is 10.2. The third-order valence-electron chi connectivity index (χ3n) is 2.76. The fourth-order valence-corrected chi connectivity index (χ4v) is 1.77. The Morgan fingerprint density at radius 3 is 2.84 bits per heavy atom. The molecule has 5 heteroatoms. The highest BCUT2D eigenvalue weighted by Gasteiger charge is 2.07. The molecular weight excluding hydrogens is 242 g/mol. The first-order chi connectivity index (χ1) is 9.13. The monoisotopic (exact) mass is 265 g/mol. The number of carbonyl (C=O) groups is 1. The van der Waals surface area contributed by atoms with Crippen LogP contribution in [0.5, 0.6) is 0 Å². The van der Waals surface area contributed by atoms with Crippen molar-refractivity contribution in [2.45, 2.75) is 13.0 Å². The summed E-state index contributed by atoms with van der Waals surface area (Å²) in [5, 5.41) is 2.86. The van der Waals surface area contributed by atoms with Gasteiger partial charge in [-0.2, -0.15) is 0 Å². The molecule has 1 aromatic carbocycles. The molecular formula is C14H23N3O2. The SMILES string of the molecule is COCCCNC(=O)CN(C)Cc1ccccc1N. The predicted octanol–water partition coefficient (Wildman–Crippen LogP) is 0.853. The van der Waals surface area contributed by atoms with Crippen LogP contribution < -0.4 is 11.1 Å². The third-order valence-corrected chi connectivity index (χ3v) is 2.76. The van der Waals surface area contributed by atoms with E-state index in [1.54, 1.807) is 7.11 Å². The number of nitrogens with one attached hydrogen (secondary N) is 1. The number of ether oxygens (including phenoxy) is 1.